The number of rotatable bonds is 5. The highest BCUT2D eigenvalue weighted by Gasteiger charge is 2.15. The normalized spacial score (nSPS) is 10.9. The van der Waals surface area contributed by atoms with Crippen molar-refractivity contribution < 1.29 is 9.47 Å². The van der Waals surface area contributed by atoms with Crippen LogP contribution in [0.4, 0.5) is 0 Å². The Morgan fingerprint density at radius 1 is 0.889 bits per heavy atom. The van der Waals surface area contributed by atoms with Crippen LogP contribution in [0.15, 0.2) is 71.2 Å². The first-order valence-electron chi connectivity index (χ1n) is 8.61. The summed E-state index contributed by atoms with van der Waals surface area (Å²) in [6.07, 6.45) is 0. The molecule has 27 heavy (non-hydrogen) atoms. The quantitative estimate of drug-likeness (QED) is 0.424. The molecule has 4 nitrogen and oxygen atoms in total. The first-order valence-corrected chi connectivity index (χ1v) is 9.41. The van der Waals surface area contributed by atoms with Crippen molar-refractivity contribution in [2.45, 2.75) is 6.54 Å². The molecule has 0 fully saturated rings. The molecule has 0 bridgehead atoms. The standard InChI is InChI=1S/C22H19BrN2O2/c1-26-20-11-10-16(13-21(20)27-2)22-24-18-8-3-4-9-19(18)25(22)14-15-6-5-7-17(23)12-15/h3-13H,14H2,1-2H3. The van der Waals surface area contributed by atoms with E-state index >= 15 is 0 Å². The van der Waals surface area contributed by atoms with Crippen LogP contribution in [0.1, 0.15) is 5.56 Å². The number of benzene rings is 3. The molecular weight excluding hydrogens is 404 g/mol. The Morgan fingerprint density at radius 2 is 1.70 bits per heavy atom. The van der Waals surface area contributed by atoms with E-state index in [4.69, 9.17) is 14.5 Å². The highest BCUT2D eigenvalue weighted by molar-refractivity contribution is 9.10. The zero-order valence-electron chi connectivity index (χ0n) is 15.1. The maximum absolute atomic E-state index is 5.48. The summed E-state index contributed by atoms with van der Waals surface area (Å²) in [5.41, 5.74) is 4.26. The third kappa shape index (κ3) is 3.43. The van der Waals surface area contributed by atoms with Gasteiger partial charge in [0.1, 0.15) is 5.82 Å². The summed E-state index contributed by atoms with van der Waals surface area (Å²) in [7, 11) is 3.28. The van der Waals surface area contributed by atoms with E-state index in [1.807, 2.05) is 42.5 Å². The monoisotopic (exact) mass is 422 g/mol. The molecule has 0 atom stereocenters. The second kappa shape index (κ2) is 7.45. The van der Waals surface area contributed by atoms with Crippen LogP contribution in [-0.4, -0.2) is 23.8 Å². The van der Waals surface area contributed by atoms with E-state index in [2.05, 4.69) is 44.8 Å². The van der Waals surface area contributed by atoms with Gasteiger partial charge in [-0.3, -0.25) is 0 Å². The van der Waals surface area contributed by atoms with Crippen molar-refractivity contribution in [3.05, 3.63) is 76.8 Å². The largest absolute Gasteiger partial charge is 0.493 e. The van der Waals surface area contributed by atoms with Crippen LogP contribution >= 0.6 is 15.9 Å². The highest BCUT2D eigenvalue weighted by Crippen LogP contribution is 2.33. The third-order valence-corrected chi connectivity index (χ3v) is 5.02. The molecule has 0 amide bonds. The van der Waals surface area contributed by atoms with Gasteiger partial charge in [0, 0.05) is 16.6 Å². The first kappa shape index (κ1) is 17.6. The van der Waals surface area contributed by atoms with E-state index in [1.54, 1.807) is 14.2 Å². The fourth-order valence-electron chi connectivity index (χ4n) is 3.25. The summed E-state index contributed by atoms with van der Waals surface area (Å²) in [5.74, 6) is 2.30. The van der Waals surface area contributed by atoms with Crippen molar-refractivity contribution in [3.63, 3.8) is 0 Å². The minimum absolute atomic E-state index is 0.691. The van der Waals surface area contributed by atoms with Crippen molar-refractivity contribution in [2.75, 3.05) is 14.2 Å². The number of nitrogens with zero attached hydrogens (tertiary/aromatic N) is 2. The molecule has 0 unspecified atom stereocenters. The predicted octanol–water partition coefficient (Wildman–Crippen LogP) is 5.53. The average Bonchev–Trinajstić information content (AvgIpc) is 3.06. The lowest BCUT2D eigenvalue weighted by Crippen LogP contribution is -2.02. The number of methoxy groups -OCH3 is 2. The number of aromatic nitrogens is 2. The number of ether oxygens (including phenoxy) is 2. The fraction of sp³-hybridized carbons (Fsp3) is 0.136. The van der Waals surface area contributed by atoms with Crippen molar-refractivity contribution in [1.82, 2.24) is 9.55 Å². The molecule has 1 heterocycles. The van der Waals surface area contributed by atoms with E-state index in [9.17, 15) is 0 Å². The van der Waals surface area contributed by atoms with Crippen molar-refractivity contribution in [1.29, 1.82) is 0 Å². The van der Waals surface area contributed by atoms with Crippen LogP contribution in [0, 0.1) is 0 Å². The molecule has 0 aliphatic rings. The van der Waals surface area contributed by atoms with Gasteiger partial charge in [-0.15, -0.1) is 0 Å². The van der Waals surface area contributed by atoms with Gasteiger partial charge < -0.3 is 14.0 Å². The lowest BCUT2D eigenvalue weighted by atomic mass is 10.1. The molecule has 0 saturated carbocycles. The zero-order valence-corrected chi connectivity index (χ0v) is 16.7. The first-order chi connectivity index (χ1) is 13.2. The molecule has 4 rings (SSSR count). The summed E-state index contributed by atoms with van der Waals surface area (Å²) in [6, 6.07) is 22.4. The lowest BCUT2D eigenvalue weighted by Gasteiger charge is -2.12. The summed E-state index contributed by atoms with van der Waals surface area (Å²) in [5, 5.41) is 0. The minimum atomic E-state index is 0.691. The van der Waals surface area contributed by atoms with Gasteiger partial charge >= 0.3 is 0 Å². The lowest BCUT2D eigenvalue weighted by molar-refractivity contribution is 0.355. The number of hydrogen-bond donors (Lipinski definition) is 0. The maximum atomic E-state index is 5.48. The summed E-state index contributed by atoms with van der Waals surface area (Å²) in [4.78, 5) is 4.89. The molecule has 0 saturated heterocycles. The Hall–Kier alpha value is -2.79. The molecule has 3 aromatic carbocycles. The number of para-hydroxylation sites is 2. The van der Waals surface area contributed by atoms with Gasteiger partial charge in [0.25, 0.3) is 0 Å². The van der Waals surface area contributed by atoms with Crippen LogP contribution in [0.5, 0.6) is 11.5 Å². The predicted molar refractivity (Wildman–Crippen MR) is 112 cm³/mol. The van der Waals surface area contributed by atoms with E-state index < -0.39 is 0 Å². The fourth-order valence-corrected chi connectivity index (χ4v) is 3.70. The number of fused-ring (bicyclic) bond motifs is 1. The van der Waals surface area contributed by atoms with Gasteiger partial charge in [-0.05, 0) is 48.0 Å². The molecule has 0 radical (unpaired) electrons. The van der Waals surface area contributed by atoms with Gasteiger partial charge in [0.05, 0.1) is 25.3 Å². The molecule has 1 aromatic heterocycles. The maximum Gasteiger partial charge on any atom is 0.161 e. The minimum Gasteiger partial charge on any atom is -0.493 e. The van der Waals surface area contributed by atoms with Crippen LogP contribution in [0.2, 0.25) is 0 Å². The number of hydrogen-bond acceptors (Lipinski definition) is 3. The molecule has 0 aliphatic heterocycles. The number of imidazole rings is 1. The molecule has 0 aliphatic carbocycles. The van der Waals surface area contributed by atoms with E-state index in [1.165, 1.54) is 5.56 Å². The van der Waals surface area contributed by atoms with Crippen molar-refractivity contribution in [2.24, 2.45) is 0 Å². The van der Waals surface area contributed by atoms with Gasteiger partial charge in [0.2, 0.25) is 0 Å². The topological polar surface area (TPSA) is 36.3 Å². The SMILES string of the molecule is COc1ccc(-c2nc3ccccc3n2Cc2cccc(Br)c2)cc1OC. The Balaban J connectivity index is 1.88. The van der Waals surface area contributed by atoms with E-state index in [-0.39, 0.29) is 0 Å². The van der Waals surface area contributed by atoms with Crippen LogP contribution in [-0.2, 0) is 6.54 Å². The molecule has 136 valence electrons. The molecule has 0 N–H and O–H groups in total. The third-order valence-electron chi connectivity index (χ3n) is 4.53. The van der Waals surface area contributed by atoms with Gasteiger partial charge in [0.15, 0.2) is 11.5 Å². The van der Waals surface area contributed by atoms with Gasteiger partial charge in [-0.25, -0.2) is 4.98 Å². The van der Waals surface area contributed by atoms with Crippen molar-refractivity contribution in [3.8, 4) is 22.9 Å². The number of halogens is 1. The summed E-state index contributed by atoms with van der Waals surface area (Å²) >= 11 is 3.56. The Kier molecular flexibility index (Phi) is 4.86. The molecule has 0 spiro atoms. The zero-order chi connectivity index (χ0) is 18.8. The van der Waals surface area contributed by atoms with Crippen molar-refractivity contribution >= 4 is 27.0 Å². The summed E-state index contributed by atoms with van der Waals surface area (Å²) < 4.78 is 14.1. The average molecular weight is 423 g/mol. The van der Waals surface area contributed by atoms with E-state index in [0.29, 0.717) is 11.5 Å². The van der Waals surface area contributed by atoms with Crippen LogP contribution < -0.4 is 9.47 Å². The molecule has 5 heteroatoms. The van der Waals surface area contributed by atoms with Gasteiger partial charge in [-0.2, -0.15) is 0 Å². The Bertz CT molecular complexity index is 1100. The molecule has 4 aromatic rings. The second-order valence-electron chi connectivity index (χ2n) is 6.21. The highest BCUT2D eigenvalue weighted by atomic mass is 79.9. The van der Waals surface area contributed by atoms with Crippen LogP contribution in [0.25, 0.3) is 22.4 Å². The van der Waals surface area contributed by atoms with E-state index in [0.717, 1.165) is 33.4 Å². The Labute approximate surface area is 166 Å². The van der Waals surface area contributed by atoms with Crippen LogP contribution in [0.3, 0.4) is 0 Å². The Morgan fingerprint density at radius 3 is 2.48 bits per heavy atom. The second-order valence-corrected chi connectivity index (χ2v) is 7.13. The van der Waals surface area contributed by atoms with Gasteiger partial charge in [-0.1, -0.05) is 40.2 Å². The summed E-state index contributed by atoms with van der Waals surface area (Å²) in [6.45, 7) is 0.726. The molecular formula is C22H19BrN2O2. The smallest absolute Gasteiger partial charge is 0.161 e.